The van der Waals surface area contributed by atoms with Crippen molar-refractivity contribution in [2.75, 3.05) is 19.7 Å². The van der Waals surface area contributed by atoms with Gasteiger partial charge in [-0.2, -0.15) is 4.72 Å². The molecule has 4 N–H and O–H groups in total. The van der Waals surface area contributed by atoms with E-state index in [0.717, 1.165) is 54.1 Å². The van der Waals surface area contributed by atoms with Gasteiger partial charge in [0.25, 0.3) is 0 Å². The first-order valence-electron chi connectivity index (χ1n) is 14.2. The highest BCUT2D eigenvalue weighted by atomic mass is 32.2. The zero-order valence-electron chi connectivity index (χ0n) is 23.2. The molecule has 0 aliphatic carbocycles. The summed E-state index contributed by atoms with van der Waals surface area (Å²) in [6.45, 7) is 4.79. The molecule has 1 aliphatic rings. The lowest BCUT2D eigenvalue weighted by molar-refractivity contribution is -0.138. The number of nitrogens with one attached hydrogen (secondary N) is 3. The Morgan fingerprint density at radius 1 is 1.12 bits per heavy atom. The van der Waals surface area contributed by atoms with Crippen LogP contribution in [0.1, 0.15) is 56.6 Å². The number of carbonyl (C=O) groups is 1. The smallest absolute Gasteiger partial charge is 0.322 e. The number of hydrogen-bond donors (Lipinski definition) is 4. The number of unbranched alkanes of at least 4 members (excludes halogenated alkanes) is 1. The van der Waals surface area contributed by atoms with Gasteiger partial charge in [0.15, 0.2) is 0 Å². The number of aromatic amines is 1. The van der Waals surface area contributed by atoms with Gasteiger partial charge in [-0.25, -0.2) is 8.42 Å². The van der Waals surface area contributed by atoms with Crippen molar-refractivity contribution in [3.63, 3.8) is 0 Å². The van der Waals surface area contributed by atoms with Crippen molar-refractivity contribution in [3.8, 4) is 5.75 Å². The van der Waals surface area contributed by atoms with Crippen molar-refractivity contribution < 1.29 is 23.1 Å². The quantitative estimate of drug-likeness (QED) is 0.188. The largest absolute Gasteiger partial charge is 0.494 e. The molecule has 1 fully saturated rings. The number of sulfonamides is 1. The normalized spacial score (nSPS) is 15.8. The number of carboxylic acid groups (broad SMARTS) is 1. The van der Waals surface area contributed by atoms with Crippen LogP contribution >= 0.6 is 0 Å². The Balaban J connectivity index is 1.29. The van der Waals surface area contributed by atoms with E-state index in [0.29, 0.717) is 30.6 Å². The summed E-state index contributed by atoms with van der Waals surface area (Å²) in [5.74, 6) is 0.329. The second-order valence-electron chi connectivity index (χ2n) is 10.6. The van der Waals surface area contributed by atoms with Crippen LogP contribution in [0.4, 0.5) is 0 Å². The minimum absolute atomic E-state index is 0.0306. The number of rotatable bonds is 15. The molecular weight excluding hydrogens is 526 g/mol. The highest BCUT2D eigenvalue weighted by Gasteiger charge is 2.24. The topological polar surface area (TPSA) is 121 Å². The number of ether oxygens (including phenoxy) is 1. The fraction of sp³-hybridized carbons (Fsp3) is 0.452. The van der Waals surface area contributed by atoms with Crippen molar-refractivity contribution in [2.24, 2.45) is 5.92 Å². The van der Waals surface area contributed by atoms with Crippen LogP contribution in [-0.4, -0.2) is 50.2 Å². The Morgan fingerprint density at radius 3 is 2.60 bits per heavy atom. The third kappa shape index (κ3) is 8.94. The SMILES string of the molecule is CCC(=CS(=O)(=O)NC(Cc1ccc(OCCCCC2CCNCC2)cc1)C(=O)O)Cc1c[nH]c2ccccc12. The molecule has 1 unspecified atom stereocenters. The summed E-state index contributed by atoms with van der Waals surface area (Å²) in [5.41, 5.74) is 3.40. The van der Waals surface area contributed by atoms with E-state index in [9.17, 15) is 18.3 Å². The number of carboxylic acids is 1. The Morgan fingerprint density at radius 2 is 1.88 bits per heavy atom. The molecule has 4 rings (SSSR count). The number of aliphatic carboxylic acids is 1. The van der Waals surface area contributed by atoms with Crippen molar-refractivity contribution in [1.82, 2.24) is 15.0 Å². The van der Waals surface area contributed by atoms with Crippen LogP contribution in [0.25, 0.3) is 10.9 Å². The molecule has 0 spiro atoms. The maximum absolute atomic E-state index is 12.9. The molecule has 40 heavy (non-hydrogen) atoms. The molecule has 9 heteroatoms. The number of para-hydroxylation sites is 1. The minimum atomic E-state index is -3.98. The summed E-state index contributed by atoms with van der Waals surface area (Å²) >= 11 is 0. The third-order valence-corrected chi connectivity index (χ3v) is 8.83. The van der Waals surface area contributed by atoms with Crippen LogP contribution in [0.15, 0.2) is 65.7 Å². The lowest BCUT2D eigenvalue weighted by Crippen LogP contribution is -2.41. The minimum Gasteiger partial charge on any atom is -0.494 e. The average Bonchev–Trinajstić information content (AvgIpc) is 3.36. The number of aromatic nitrogens is 1. The maximum Gasteiger partial charge on any atom is 0.322 e. The Bertz CT molecular complexity index is 1380. The lowest BCUT2D eigenvalue weighted by Gasteiger charge is -2.22. The predicted octanol–water partition coefficient (Wildman–Crippen LogP) is 5.17. The maximum atomic E-state index is 12.9. The van der Waals surface area contributed by atoms with Gasteiger partial charge in [-0.05, 0) is 93.3 Å². The lowest BCUT2D eigenvalue weighted by atomic mass is 9.93. The fourth-order valence-electron chi connectivity index (χ4n) is 5.26. The van der Waals surface area contributed by atoms with Gasteiger partial charge in [0.1, 0.15) is 11.8 Å². The number of hydrogen-bond acceptors (Lipinski definition) is 5. The third-order valence-electron chi connectivity index (χ3n) is 7.57. The molecule has 2 aromatic carbocycles. The second kappa shape index (κ2) is 14.5. The zero-order valence-corrected chi connectivity index (χ0v) is 24.0. The summed E-state index contributed by atoms with van der Waals surface area (Å²) in [7, 11) is -3.98. The van der Waals surface area contributed by atoms with E-state index in [1.807, 2.05) is 49.5 Å². The molecule has 0 bridgehead atoms. The van der Waals surface area contributed by atoms with Crippen LogP contribution in [0.2, 0.25) is 0 Å². The van der Waals surface area contributed by atoms with E-state index in [2.05, 4.69) is 15.0 Å². The van der Waals surface area contributed by atoms with Crippen LogP contribution in [0, 0.1) is 5.92 Å². The van der Waals surface area contributed by atoms with Crippen molar-refractivity contribution in [3.05, 3.63) is 76.8 Å². The molecule has 1 saturated heterocycles. The Labute approximate surface area is 237 Å². The summed E-state index contributed by atoms with van der Waals surface area (Å²) in [5, 5.41) is 15.4. The molecule has 0 saturated carbocycles. The molecule has 3 aromatic rings. The average molecular weight is 568 g/mol. The molecule has 8 nitrogen and oxygen atoms in total. The van der Waals surface area contributed by atoms with Crippen LogP contribution < -0.4 is 14.8 Å². The van der Waals surface area contributed by atoms with Crippen molar-refractivity contribution in [1.29, 1.82) is 0 Å². The van der Waals surface area contributed by atoms with Gasteiger partial charge in [0, 0.05) is 22.5 Å². The second-order valence-corrected chi connectivity index (χ2v) is 12.2. The van der Waals surface area contributed by atoms with Crippen molar-refractivity contribution >= 4 is 26.9 Å². The molecule has 0 amide bonds. The Hall–Kier alpha value is -3.14. The van der Waals surface area contributed by atoms with Gasteiger partial charge in [-0.15, -0.1) is 0 Å². The summed E-state index contributed by atoms with van der Waals surface area (Å²) in [4.78, 5) is 15.2. The molecular formula is C31H41N3O5S. The van der Waals surface area contributed by atoms with Gasteiger partial charge in [-0.1, -0.05) is 49.2 Å². The number of piperidine rings is 1. The van der Waals surface area contributed by atoms with Gasteiger partial charge in [0.05, 0.1) is 6.61 Å². The van der Waals surface area contributed by atoms with Gasteiger partial charge in [0.2, 0.25) is 10.0 Å². The van der Waals surface area contributed by atoms with E-state index in [1.165, 1.54) is 24.7 Å². The first kappa shape index (κ1) is 29.8. The molecule has 0 radical (unpaired) electrons. The first-order valence-corrected chi connectivity index (χ1v) is 15.8. The molecule has 216 valence electrons. The van der Waals surface area contributed by atoms with Crippen LogP contribution in [0.5, 0.6) is 5.75 Å². The highest BCUT2D eigenvalue weighted by molar-refractivity contribution is 7.92. The van der Waals surface area contributed by atoms with E-state index in [-0.39, 0.29) is 6.42 Å². The number of fused-ring (bicyclic) bond motifs is 1. The highest BCUT2D eigenvalue weighted by Crippen LogP contribution is 2.23. The summed E-state index contributed by atoms with van der Waals surface area (Å²) in [6.07, 6.45) is 8.82. The molecule has 1 aliphatic heterocycles. The van der Waals surface area contributed by atoms with Gasteiger partial charge in [-0.3, -0.25) is 4.79 Å². The number of H-pyrrole nitrogens is 1. The number of allylic oxidation sites excluding steroid dienone is 1. The number of benzene rings is 2. The standard InChI is InChI=1S/C31H41N3O5S/c1-2-23(19-26-21-33-29-9-4-3-8-28(26)29)22-40(37,38)34-30(31(35)36)20-25-10-12-27(13-11-25)39-18-6-5-7-24-14-16-32-17-15-24/h3-4,8-13,21-22,24,30,32-34H,2,5-7,14-20H2,1H3,(H,35,36). The van der Waals surface area contributed by atoms with E-state index < -0.39 is 22.0 Å². The predicted molar refractivity (Wildman–Crippen MR) is 159 cm³/mol. The monoisotopic (exact) mass is 567 g/mol. The fourth-order valence-corrected chi connectivity index (χ4v) is 6.59. The first-order chi connectivity index (χ1) is 19.3. The van der Waals surface area contributed by atoms with Crippen molar-refractivity contribution in [2.45, 2.75) is 64.3 Å². The molecule has 2 heterocycles. The van der Waals surface area contributed by atoms with Crippen LogP contribution in [0.3, 0.4) is 0 Å². The summed E-state index contributed by atoms with van der Waals surface area (Å²) in [6, 6.07) is 13.8. The van der Waals surface area contributed by atoms with E-state index in [4.69, 9.17) is 4.74 Å². The summed E-state index contributed by atoms with van der Waals surface area (Å²) < 4.78 is 34.1. The Kier molecular flexibility index (Phi) is 10.8. The zero-order chi connectivity index (χ0) is 28.4. The van der Waals surface area contributed by atoms with Gasteiger partial charge >= 0.3 is 5.97 Å². The molecule has 1 aromatic heterocycles. The van der Waals surface area contributed by atoms with E-state index in [1.54, 1.807) is 12.1 Å². The van der Waals surface area contributed by atoms with Crippen LogP contribution in [-0.2, 0) is 27.7 Å². The molecule has 1 atom stereocenters. The van der Waals surface area contributed by atoms with E-state index >= 15 is 0 Å². The van der Waals surface area contributed by atoms with Gasteiger partial charge < -0.3 is 20.1 Å².